The Hall–Kier alpha value is -3.09. The van der Waals surface area contributed by atoms with Crippen LogP contribution in [0.1, 0.15) is 30.1 Å². The van der Waals surface area contributed by atoms with Crippen molar-refractivity contribution in [3.8, 4) is 11.3 Å². The molecule has 176 valence electrons. The normalized spacial score (nSPS) is 24.8. The van der Waals surface area contributed by atoms with E-state index in [2.05, 4.69) is 25.3 Å². The monoisotopic (exact) mass is 473 g/mol. The molecule has 1 saturated heterocycles. The summed E-state index contributed by atoms with van der Waals surface area (Å²) in [5.74, 6) is -0.404. The Kier molecular flexibility index (Phi) is 4.92. The summed E-state index contributed by atoms with van der Waals surface area (Å²) < 4.78 is 86.7. The first-order chi connectivity index (χ1) is 15.5. The lowest BCUT2D eigenvalue weighted by atomic mass is 9.83. The summed E-state index contributed by atoms with van der Waals surface area (Å²) in [6, 6.07) is 2.83. The van der Waals surface area contributed by atoms with E-state index >= 15 is 0 Å². The quantitative estimate of drug-likeness (QED) is 0.635. The summed E-state index contributed by atoms with van der Waals surface area (Å²) in [5, 5.41) is 5.37. The fourth-order valence-corrected chi connectivity index (χ4v) is 4.46. The van der Waals surface area contributed by atoms with Gasteiger partial charge in [-0.3, -0.25) is 5.32 Å². The number of amides is 1. The minimum absolute atomic E-state index is 0.0332. The number of rotatable bonds is 2. The van der Waals surface area contributed by atoms with E-state index in [0.29, 0.717) is 19.2 Å². The first-order valence-electron chi connectivity index (χ1n) is 10.2. The predicted molar refractivity (Wildman–Crippen MR) is 104 cm³/mol. The van der Waals surface area contributed by atoms with E-state index in [0.717, 1.165) is 31.2 Å². The molecule has 1 saturated carbocycles. The Morgan fingerprint density at radius 3 is 2.58 bits per heavy atom. The van der Waals surface area contributed by atoms with E-state index in [4.69, 9.17) is 0 Å². The zero-order valence-electron chi connectivity index (χ0n) is 16.8. The average molecular weight is 473 g/mol. The number of carbonyl (C=O) groups excluding carboxylic acids is 1. The van der Waals surface area contributed by atoms with Crippen LogP contribution >= 0.6 is 0 Å². The predicted octanol–water partition coefficient (Wildman–Crippen LogP) is 4.27. The number of halogens is 6. The average Bonchev–Trinajstić information content (AvgIpc) is 2.71. The fourth-order valence-electron chi connectivity index (χ4n) is 4.46. The van der Waals surface area contributed by atoms with Gasteiger partial charge in [0.1, 0.15) is 11.6 Å². The third kappa shape index (κ3) is 3.83. The molecule has 33 heavy (non-hydrogen) atoms. The molecule has 0 aromatic carbocycles. The fraction of sp³-hybridized carbons (Fsp3) is 0.450. The number of cyclic esters (lactones) is 1. The molecule has 2 aliphatic heterocycles. The Morgan fingerprint density at radius 1 is 1.12 bits per heavy atom. The standard InChI is InChI=1S/C20H17F6N5O2/c21-19(22,23)9-7-12(29-14(8-9)31-6-5-27-11-1-2-13(11)31)10-3-4-28-17-15(10)16(20(24,25)26)33-18(32)30-17/h3-4,7-8,11,13,16,27H,1-2,5-6H2,(H,28,30,32)/t11-,13+,16+/m0/s1. The van der Waals surface area contributed by atoms with Gasteiger partial charge in [-0.1, -0.05) is 0 Å². The number of fused-ring (bicyclic) bond motifs is 2. The van der Waals surface area contributed by atoms with Crippen molar-refractivity contribution >= 4 is 17.7 Å². The topological polar surface area (TPSA) is 79.4 Å². The van der Waals surface area contributed by atoms with Crippen LogP contribution in [0.2, 0.25) is 0 Å². The number of aromatic nitrogens is 2. The summed E-state index contributed by atoms with van der Waals surface area (Å²) in [6.45, 7) is 0.961. The van der Waals surface area contributed by atoms with Crippen LogP contribution in [0.15, 0.2) is 24.4 Å². The Balaban J connectivity index is 1.67. The zero-order chi connectivity index (χ0) is 23.5. The lowest BCUT2D eigenvalue weighted by Gasteiger charge is -2.49. The van der Waals surface area contributed by atoms with Gasteiger partial charge in [-0.15, -0.1) is 0 Å². The molecule has 2 aromatic rings. The molecule has 3 aliphatic rings. The summed E-state index contributed by atoms with van der Waals surface area (Å²) in [7, 11) is 0. The van der Waals surface area contributed by atoms with Gasteiger partial charge in [-0.05, 0) is 31.0 Å². The van der Waals surface area contributed by atoms with Crippen molar-refractivity contribution in [2.45, 2.75) is 43.4 Å². The number of hydrogen-bond acceptors (Lipinski definition) is 6. The van der Waals surface area contributed by atoms with Gasteiger partial charge in [0.05, 0.1) is 16.8 Å². The summed E-state index contributed by atoms with van der Waals surface area (Å²) >= 11 is 0. The molecule has 3 atom stereocenters. The van der Waals surface area contributed by atoms with E-state index in [-0.39, 0.29) is 29.2 Å². The van der Waals surface area contributed by atoms with Crippen molar-refractivity contribution < 1.29 is 35.9 Å². The molecule has 0 radical (unpaired) electrons. The van der Waals surface area contributed by atoms with Crippen LogP contribution in [0.3, 0.4) is 0 Å². The van der Waals surface area contributed by atoms with E-state index in [1.807, 2.05) is 0 Å². The van der Waals surface area contributed by atoms with E-state index in [9.17, 15) is 31.1 Å². The largest absolute Gasteiger partial charge is 0.431 e. The Morgan fingerprint density at radius 2 is 1.91 bits per heavy atom. The molecule has 5 rings (SSSR count). The van der Waals surface area contributed by atoms with E-state index < -0.39 is 41.5 Å². The molecule has 13 heteroatoms. The van der Waals surface area contributed by atoms with Crippen molar-refractivity contribution in [1.82, 2.24) is 15.3 Å². The van der Waals surface area contributed by atoms with Crippen LogP contribution in [-0.4, -0.2) is 47.4 Å². The third-order valence-electron chi connectivity index (χ3n) is 6.10. The second-order valence-electron chi connectivity index (χ2n) is 8.07. The van der Waals surface area contributed by atoms with Gasteiger partial charge in [0.15, 0.2) is 0 Å². The second kappa shape index (κ2) is 7.47. The number of nitrogens with one attached hydrogen (secondary N) is 2. The Bertz CT molecular complexity index is 1110. The molecular formula is C20H17F6N5O2. The minimum Gasteiger partial charge on any atom is -0.431 e. The molecule has 0 spiro atoms. The van der Waals surface area contributed by atoms with Gasteiger partial charge in [-0.25, -0.2) is 14.8 Å². The van der Waals surface area contributed by atoms with Crippen LogP contribution in [0.5, 0.6) is 0 Å². The van der Waals surface area contributed by atoms with Crippen LogP contribution in [0, 0.1) is 0 Å². The van der Waals surface area contributed by atoms with Crippen molar-refractivity contribution in [1.29, 1.82) is 0 Å². The van der Waals surface area contributed by atoms with Gasteiger partial charge >= 0.3 is 18.4 Å². The van der Waals surface area contributed by atoms with Crippen LogP contribution in [0.25, 0.3) is 11.3 Å². The lowest BCUT2D eigenvalue weighted by Crippen LogP contribution is -2.63. The molecule has 1 amide bonds. The van der Waals surface area contributed by atoms with Crippen molar-refractivity contribution in [3.05, 3.63) is 35.5 Å². The molecular weight excluding hydrogens is 456 g/mol. The highest BCUT2D eigenvalue weighted by Crippen LogP contribution is 2.46. The smallest absolute Gasteiger partial charge is 0.430 e. The number of anilines is 2. The van der Waals surface area contributed by atoms with Gasteiger partial charge in [0.2, 0.25) is 6.10 Å². The highest BCUT2D eigenvalue weighted by Gasteiger charge is 2.49. The maximum Gasteiger partial charge on any atom is 0.430 e. The van der Waals surface area contributed by atoms with Crippen molar-refractivity contribution in [3.63, 3.8) is 0 Å². The van der Waals surface area contributed by atoms with Crippen molar-refractivity contribution in [2.24, 2.45) is 0 Å². The SMILES string of the molecule is O=C1Nc2nccc(-c3cc(C(F)(F)F)cc(N4CCN[C@H]5CC[C@H]54)n3)c2[C@H](C(F)(F)F)O1. The maximum atomic E-state index is 13.7. The first-order valence-corrected chi connectivity index (χ1v) is 10.2. The Labute approximate surface area is 183 Å². The number of carbonyl (C=O) groups is 1. The number of ether oxygens (including phenoxy) is 1. The molecule has 0 bridgehead atoms. The number of hydrogen-bond donors (Lipinski definition) is 2. The first kappa shape index (κ1) is 21.7. The van der Waals surface area contributed by atoms with E-state index in [1.54, 1.807) is 4.90 Å². The highest BCUT2D eigenvalue weighted by atomic mass is 19.4. The van der Waals surface area contributed by atoms with Crippen LogP contribution in [0.4, 0.5) is 42.8 Å². The maximum absolute atomic E-state index is 13.7. The number of pyridine rings is 2. The van der Waals surface area contributed by atoms with Crippen molar-refractivity contribution in [2.75, 3.05) is 23.3 Å². The zero-order valence-corrected chi connectivity index (χ0v) is 16.8. The molecule has 7 nitrogen and oxygen atoms in total. The van der Waals surface area contributed by atoms with Gasteiger partial charge < -0.3 is 15.0 Å². The highest BCUT2D eigenvalue weighted by molar-refractivity contribution is 5.89. The van der Waals surface area contributed by atoms with E-state index in [1.165, 1.54) is 0 Å². The van der Waals surface area contributed by atoms with Gasteiger partial charge in [0, 0.05) is 36.9 Å². The summed E-state index contributed by atoms with van der Waals surface area (Å²) in [4.78, 5) is 21.5. The number of alkyl halides is 6. The summed E-state index contributed by atoms with van der Waals surface area (Å²) in [6.07, 6.45) is -11.1. The minimum atomic E-state index is -5.01. The molecule has 2 fully saturated rings. The second-order valence-corrected chi connectivity index (χ2v) is 8.07. The van der Waals surface area contributed by atoms with Crippen LogP contribution < -0.4 is 15.5 Å². The molecule has 1 aliphatic carbocycles. The molecule has 4 heterocycles. The summed E-state index contributed by atoms with van der Waals surface area (Å²) in [5.41, 5.74) is -2.20. The van der Waals surface area contributed by atoms with Gasteiger partial charge in [0.25, 0.3) is 0 Å². The van der Waals surface area contributed by atoms with Gasteiger partial charge in [-0.2, -0.15) is 26.3 Å². The molecule has 2 aromatic heterocycles. The lowest BCUT2D eigenvalue weighted by molar-refractivity contribution is -0.206. The number of piperazine rings is 1. The van der Waals surface area contributed by atoms with Crippen LogP contribution in [-0.2, 0) is 10.9 Å². The molecule has 0 unspecified atom stereocenters. The third-order valence-corrected chi connectivity index (χ3v) is 6.10. The molecule has 2 N–H and O–H groups in total. The number of nitrogens with zero attached hydrogens (tertiary/aromatic N) is 3.